The van der Waals surface area contributed by atoms with Gasteiger partial charge in [0.15, 0.2) is 0 Å². The van der Waals surface area contributed by atoms with Crippen molar-refractivity contribution in [3.8, 4) is 0 Å². The third kappa shape index (κ3) is 1.81. The number of rotatable bonds is 3. The Bertz CT molecular complexity index is 302. The number of aromatic nitrogens is 2. The summed E-state index contributed by atoms with van der Waals surface area (Å²) in [5, 5.41) is 16.9. The smallest absolute Gasteiger partial charge is 0.0521 e. The number of aliphatic hydroxyl groups is 1. The highest BCUT2D eigenvalue weighted by atomic mass is 16.3. The van der Waals surface area contributed by atoms with Crippen molar-refractivity contribution in [3.05, 3.63) is 18.0 Å². The molecule has 1 fully saturated rings. The fraction of sp³-hybridized carbons (Fsp3) is 0.700. The van der Waals surface area contributed by atoms with Crippen LogP contribution in [0.1, 0.15) is 12.0 Å². The van der Waals surface area contributed by atoms with Crippen molar-refractivity contribution in [2.24, 2.45) is 12.5 Å². The van der Waals surface area contributed by atoms with Crippen LogP contribution in [0.5, 0.6) is 0 Å². The fourth-order valence-electron chi connectivity index (χ4n) is 2.13. The monoisotopic (exact) mass is 195 g/mol. The van der Waals surface area contributed by atoms with Crippen molar-refractivity contribution < 1.29 is 5.11 Å². The first-order chi connectivity index (χ1) is 6.74. The summed E-state index contributed by atoms with van der Waals surface area (Å²) in [6.45, 7) is 2.19. The molecule has 1 unspecified atom stereocenters. The van der Waals surface area contributed by atoms with Crippen LogP contribution in [-0.4, -0.2) is 34.6 Å². The maximum Gasteiger partial charge on any atom is 0.0521 e. The Morgan fingerprint density at radius 2 is 2.57 bits per heavy atom. The summed E-state index contributed by atoms with van der Waals surface area (Å²) >= 11 is 0. The molecule has 1 aromatic rings. The molecule has 2 rings (SSSR count). The lowest BCUT2D eigenvalue weighted by molar-refractivity contribution is 0.143. The molecule has 1 saturated heterocycles. The topological polar surface area (TPSA) is 50.1 Å². The number of hydrogen-bond acceptors (Lipinski definition) is 3. The molecular formula is C10H17N3O. The summed E-state index contributed by atoms with van der Waals surface area (Å²) in [6.07, 6.45) is 5.88. The first kappa shape index (κ1) is 9.68. The maximum atomic E-state index is 9.42. The Hall–Kier alpha value is -0.870. The van der Waals surface area contributed by atoms with Crippen molar-refractivity contribution >= 4 is 0 Å². The zero-order valence-corrected chi connectivity index (χ0v) is 8.53. The zero-order valence-electron chi connectivity index (χ0n) is 8.53. The molecule has 0 bridgehead atoms. The van der Waals surface area contributed by atoms with Crippen molar-refractivity contribution in [1.82, 2.24) is 15.1 Å². The molecule has 0 spiro atoms. The molecule has 78 valence electrons. The highest BCUT2D eigenvalue weighted by Gasteiger charge is 2.33. The van der Waals surface area contributed by atoms with Crippen LogP contribution in [0.3, 0.4) is 0 Å². The van der Waals surface area contributed by atoms with Gasteiger partial charge in [0.05, 0.1) is 12.8 Å². The van der Waals surface area contributed by atoms with Gasteiger partial charge >= 0.3 is 0 Å². The Balaban J connectivity index is 2.08. The average molecular weight is 195 g/mol. The van der Waals surface area contributed by atoms with E-state index in [0.29, 0.717) is 0 Å². The van der Waals surface area contributed by atoms with Crippen molar-refractivity contribution in [1.29, 1.82) is 0 Å². The van der Waals surface area contributed by atoms with Gasteiger partial charge < -0.3 is 10.4 Å². The minimum atomic E-state index is 0.0447. The summed E-state index contributed by atoms with van der Waals surface area (Å²) in [5.41, 5.74) is 1.26. The standard InChI is InChI=1S/C10H17N3O/c1-13-6-9(5-12-13)4-10(8-14)2-3-11-7-10/h5-6,11,14H,2-4,7-8H2,1H3. The van der Waals surface area contributed by atoms with E-state index >= 15 is 0 Å². The molecule has 0 saturated carbocycles. The van der Waals surface area contributed by atoms with Gasteiger partial charge in [-0.2, -0.15) is 5.10 Å². The fourth-order valence-corrected chi connectivity index (χ4v) is 2.13. The SMILES string of the molecule is Cn1cc(CC2(CO)CCNC2)cn1. The van der Waals surface area contributed by atoms with E-state index in [1.54, 1.807) is 0 Å². The predicted molar refractivity (Wildman–Crippen MR) is 53.9 cm³/mol. The molecular weight excluding hydrogens is 178 g/mol. The van der Waals surface area contributed by atoms with Gasteiger partial charge in [0.2, 0.25) is 0 Å². The number of aliphatic hydroxyl groups excluding tert-OH is 1. The van der Waals surface area contributed by atoms with Gasteiger partial charge in [-0.25, -0.2) is 0 Å². The van der Waals surface area contributed by atoms with Crippen LogP contribution in [0.25, 0.3) is 0 Å². The molecule has 0 amide bonds. The molecule has 14 heavy (non-hydrogen) atoms. The predicted octanol–water partition coefficient (Wildman–Crippen LogP) is -0.0654. The van der Waals surface area contributed by atoms with Gasteiger partial charge in [-0.3, -0.25) is 4.68 Å². The van der Waals surface area contributed by atoms with Gasteiger partial charge in [0.1, 0.15) is 0 Å². The van der Waals surface area contributed by atoms with E-state index in [1.165, 1.54) is 5.56 Å². The molecule has 4 heteroatoms. The van der Waals surface area contributed by atoms with E-state index in [9.17, 15) is 5.11 Å². The molecule has 0 radical (unpaired) electrons. The first-order valence-electron chi connectivity index (χ1n) is 5.03. The number of aryl methyl sites for hydroxylation is 1. The normalized spacial score (nSPS) is 27.0. The van der Waals surface area contributed by atoms with Gasteiger partial charge in [0.25, 0.3) is 0 Å². The van der Waals surface area contributed by atoms with Crippen LogP contribution in [0.2, 0.25) is 0 Å². The maximum absolute atomic E-state index is 9.42. The number of hydrogen-bond donors (Lipinski definition) is 2. The Morgan fingerprint density at radius 3 is 3.07 bits per heavy atom. The van der Waals surface area contributed by atoms with Gasteiger partial charge in [-0.05, 0) is 24.9 Å². The van der Waals surface area contributed by atoms with Crippen LogP contribution in [0.15, 0.2) is 12.4 Å². The lowest BCUT2D eigenvalue weighted by Gasteiger charge is -2.24. The van der Waals surface area contributed by atoms with Crippen LogP contribution < -0.4 is 5.32 Å². The van der Waals surface area contributed by atoms with Crippen molar-refractivity contribution in [2.45, 2.75) is 12.8 Å². The molecule has 0 aliphatic carbocycles. The second-order valence-corrected chi connectivity index (χ2v) is 4.28. The number of nitrogens with one attached hydrogen (secondary N) is 1. The minimum Gasteiger partial charge on any atom is -0.396 e. The highest BCUT2D eigenvalue weighted by molar-refractivity contribution is 5.09. The molecule has 2 heterocycles. The van der Waals surface area contributed by atoms with E-state index < -0.39 is 0 Å². The second-order valence-electron chi connectivity index (χ2n) is 4.28. The van der Waals surface area contributed by atoms with Gasteiger partial charge in [-0.15, -0.1) is 0 Å². The molecule has 4 nitrogen and oxygen atoms in total. The van der Waals surface area contributed by atoms with E-state index in [2.05, 4.69) is 10.4 Å². The lowest BCUT2D eigenvalue weighted by Crippen LogP contribution is -2.30. The molecule has 1 aromatic heterocycles. The molecule has 0 aromatic carbocycles. The van der Waals surface area contributed by atoms with Gasteiger partial charge in [-0.1, -0.05) is 0 Å². The Kier molecular flexibility index (Phi) is 2.56. The summed E-state index contributed by atoms with van der Waals surface area (Å²) in [6, 6.07) is 0. The molecule has 1 atom stereocenters. The summed E-state index contributed by atoms with van der Waals surface area (Å²) in [7, 11) is 1.92. The van der Waals surface area contributed by atoms with Crippen LogP contribution in [0.4, 0.5) is 0 Å². The van der Waals surface area contributed by atoms with Crippen LogP contribution in [0, 0.1) is 5.41 Å². The third-order valence-electron chi connectivity index (χ3n) is 3.00. The van der Waals surface area contributed by atoms with Crippen LogP contribution in [-0.2, 0) is 13.5 Å². The first-order valence-corrected chi connectivity index (χ1v) is 5.03. The van der Waals surface area contributed by atoms with Crippen molar-refractivity contribution in [3.63, 3.8) is 0 Å². The molecule has 1 aliphatic rings. The zero-order chi connectivity index (χ0) is 10.0. The van der Waals surface area contributed by atoms with E-state index in [0.717, 1.165) is 25.9 Å². The average Bonchev–Trinajstić information content (AvgIpc) is 2.77. The molecule has 1 aliphatic heterocycles. The van der Waals surface area contributed by atoms with Crippen LogP contribution >= 0.6 is 0 Å². The Morgan fingerprint density at radius 1 is 1.71 bits per heavy atom. The van der Waals surface area contributed by atoms with E-state index in [1.807, 2.05) is 24.1 Å². The Labute approximate surface area is 83.9 Å². The van der Waals surface area contributed by atoms with Gasteiger partial charge in [0, 0.05) is 25.2 Å². The van der Waals surface area contributed by atoms with E-state index in [-0.39, 0.29) is 12.0 Å². The summed E-state index contributed by atoms with van der Waals surface area (Å²) in [4.78, 5) is 0. The quantitative estimate of drug-likeness (QED) is 0.710. The lowest BCUT2D eigenvalue weighted by atomic mass is 9.82. The summed E-state index contributed by atoms with van der Waals surface area (Å²) in [5.74, 6) is 0. The van der Waals surface area contributed by atoms with E-state index in [4.69, 9.17) is 0 Å². The van der Waals surface area contributed by atoms with Crippen molar-refractivity contribution in [2.75, 3.05) is 19.7 Å². The second kappa shape index (κ2) is 3.71. The number of nitrogens with zero attached hydrogens (tertiary/aromatic N) is 2. The largest absolute Gasteiger partial charge is 0.396 e. The highest BCUT2D eigenvalue weighted by Crippen LogP contribution is 2.29. The third-order valence-corrected chi connectivity index (χ3v) is 3.00. The minimum absolute atomic E-state index is 0.0447. The molecule has 2 N–H and O–H groups in total. The summed E-state index contributed by atoms with van der Waals surface area (Å²) < 4.78 is 1.81.